The van der Waals surface area contributed by atoms with Crippen molar-refractivity contribution in [1.82, 2.24) is 15.2 Å². The number of halogens is 1. The van der Waals surface area contributed by atoms with Crippen LogP contribution < -0.4 is 16.8 Å². The Morgan fingerprint density at radius 2 is 2.13 bits per heavy atom. The third-order valence-corrected chi connectivity index (χ3v) is 5.95. The second-order valence-electron chi connectivity index (χ2n) is 7.82. The summed E-state index contributed by atoms with van der Waals surface area (Å²) in [6, 6.07) is 4.57. The Morgan fingerprint density at radius 1 is 1.35 bits per heavy atom. The third kappa shape index (κ3) is 2.58. The summed E-state index contributed by atoms with van der Waals surface area (Å²) in [7, 11) is 0. The van der Waals surface area contributed by atoms with Gasteiger partial charge in [-0.1, -0.05) is 0 Å². The minimum atomic E-state index is -2.61. The minimum Gasteiger partial charge on any atom is -0.451 e. The van der Waals surface area contributed by atoms with Gasteiger partial charge in [0.15, 0.2) is 23.7 Å². The van der Waals surface area contributed by atoms with E-state index in [0.29, 0.717) is 11.2 Å². The fourth-order valence-corrected chi connectivity index (χ4v) is 4.56. The average Bonchev–Trinajstić information content (AvgIpc) is 3.16. The molecule has 3 atom stereocenters. The van der Waals surface area contributed by atoms with Crippen molar-refractivity contribution in [2.24, 2.45) is 21.5 Å². The van der Waals surface area contributed by atoms with Gasteiger partial charge in [-0.2, -0.15) is 0 Å². The lowest BCUT2D eigenvalue weighted by atomic mass is 9.90. The van der Waals surface area contributed by atoms with Crippen LogP contribution in [0.5, 0.6) is 0 Å². The van der Waals surface area contributed by atoms with Gasteiger partial charge >= 0.3 is 5.97 Å². The molecule has 31 heavy (non-hydrogen) atoms. The van der Waals surface area contributed by atoms with E-state index in [1.54, 1.807) is 6.92 Å². The molecule has 0 radical (unpaired) electrons. The van der Waals surface area contributed by atoms with Crippen LogP contribution in [0.3, 0.4) is 0 Å². The van der Waals surface area contributed by atoms with Gasteiger partial charge in [0, 0.05) is 11.1 Å². The lowest BCUT2D eigenvalue weighted by Gasteiger charge is -2.46. The molecule has 1 saturated heterocycles. The molecule has 4 heterocycles. The first-order chi connectivity index (χ1) is 14.6. The SMILES string of the molecule is Cc1cc(C(=O)O[C@H]2CN3C(N)=NCC4N=C(N)NC43C2(O)O)c2cc(F)ccc2n1. The number of carbonyl (C=O) groups is 1. The molecule has 1 spiro atoms. The number of nitrogens with two attached hydrogens (primary N) is 2. The van der Waals surface area contributed by atoms with Crippen molar-refractivity contribution in [2.45, 2.75) is 30.5 Å². The Morgan fingerprint density at radius 3 is 2.90 bits per heavy atom. The molecule has 11 nitrogen and oxygen atoms in total. The first kappa shape index (κ1) is 19.5. The highest BCUT2D eigenvalue weighted by Gasteiger charge is 2.72. The van der Waals surface area contributed by atoms with Gasteiger partial charge in [-0.05, 0) is 31.2 Å². The number of aliphatic imine (C=N–C) groups is 2. The van der Waals surface area contributed by atoms with Crippen molar-refractivity contribution >= 4 is 28.8 Å². The van der Waals surface area contributed by atoms with Crippen LogP contribution >= 0.6 is 0 Å². The van der Waals surface area contributed by atoms with Crippen molar-refractivity contribution in [1.29, 1.82) is 0 Å². The number of aromatic nitrogens is 1. The van der Waals surface area contributed by atoms with Crippen molar-refractivity contribution in [3.05, 3.63) is 41.3 Å². The molecule has 1 aromatic carbocycles. The molecule has 0 amide bonds. The molecule has 2 aromatic rings. The predicted octanol–water partition coefficient (Wildman–Crippen LogP) is -1.48. The molecule has 162 valence electrons. The smallest absolute Gasteiger partial charge is 0.339 e. The Labute approximate surface area is 175 Å². The zero-order valence-corrected chi connectivity index (χ0v) is 16.4. The second kappa shape index (κ2) is 6.25. The van der Waals surface area contributed by atoms with Crippen molar-refractivity contribution in [2.75, 3.05) is 13.1 Å². The van der Waals surface area contributed by atoms with Gasteiger partial charge in [0.05, 0.1) is 24.2 Å². The summed E-state index contributed by atoms with van der Waals surface area (Å²) in [5.41, 5.74) is 11.1. The van der Waals surface area contributed by atoms with Crippen LogP contribution in [-0.2, 0) is 4.74 Å². The maximum Gasteiger partial charge on any atom is 0.339 e. The number of aryl methyl sites for hydroxylation is 1. The molecule has 7 N–H and O–H groups in total. The van der Waals surface area contributed by atoms with E-state index in [4.69, 9.17) is 16.2 Å². The third-order valence-electron chi connectivity index (χ3n) is 5.95. The van der Waals surface area contributed by atoms with Gasteiger partial charge in [0.1, 0.15) is 11.9 Å². The van der Waals surface area contributed by atoms with E-state index in [1.165, 1.54) is 29.2 Å². The van der Waals surface area contributed by atoms with Crippen molar-refractivity contribution in [3.8, 4) is 0 Å². The molecule has 5 rings (SSSR count). The number of nitrogens with zero attached hydrogens (tertiary/aromatic N) is 4. The summed E-state index contributed by atoms with van der Waals surface area (Å²) in [4.78, 5) is 27.1. The van der Waals surface area contributed by atoms with E-state index in [0.717, 1.165) is 0 Å². The van der Waals surface area contributed by atoms with E-state index in [1.807, 2.05) is 0 Å². The molecular weight excluding hydrogens is 409 g/mol. The fourth-order valence-electron chi connectivity index (χ4n) is 4.56. The van der Waals surface area contributed by atoms with Crippen molar-refractivity contribution < 1.29 is 24.1 Å². The van der Waals surface area contributed by atoms with E-state index in [2.05, 4.69) is 20.3 Å². The number of rotatable bonds is 2. The number of pyridine rings is 1. The normalized spacial score (nSPS) is 28.5. The average molecular weight is 429 g/mol. The quantitative estimate of drug-likeness (QED) is 0.282. The van der Waals surface area contributed by atoms with E-state index < -0.39 is 35.4 Å². The van der Waals surface area contributed by atoms with E-state index in [-0.39, 0.29) is 36.0 Å². The molecule has 12 heteroatoms. The minimum absolute atomic E-state index is 0.00872. The van der Waals surface area contributed by atoms with Gasteiger partial charge in [-0.15, -0.1) is 0 Å². The highest BCUT2D eigenvalue weighted by molar-refractivity contribution is 6.03. The van der Waals surface area contributed by atoms with Crippen LogP contribution in [0.2, 0.25) is 0 Å². The number of fused-ring (bicyclic) bond motifs is 1. The van der Waals surface area contributed by atoms with Crippen molar-refractivity contribution in [3.63, 3.8) is 0 Å². The number of nitrogens with one attached hydrogen (secondary N) is 1. The number of hydrogen-bond acceptors (Lipinski definition) is 11. The first-order valence-corrected chi connectivity index (χ1v) is 9.55. The Hall–Kier alpha value is -3.51. The lowest BCUT2D eigenvalue weighted by Crippen LogP contribution is -2.76. The van der Waals surface area contributed by atoms with Gasteiger partial charge in [-0.3, -0.25) is 9.98 Å². The summed E-state index contributed by atoms with van der Waals surface area (Å²) < 4.78 is 19.3. The van der Waals surface area contributed by atoms with Gasteiger partial charge < -0.3 is 36.6 Å². The molecular formula is C19H20FN7O4. The summed E-state index contributed by atoms with van der Waals surface area (Å²) >= 11 is 0. The molecule has 0 bridgehead atoms. The topological polar surface area (TPSA) is 172 Å². The second-order valence-corrected chi connectivity index (χ2v) is 7.82. The Bertz CT molecular complexity index is 1180. The summed E-state index contributed by atoms with van der Waals surface area (Å²) in [6.45, 7) is 1.59. The number of ether oxygens (including phenoxy) is 1. The van der Waals surface area contributed by atoms with Gasteiger partial charge in [-0.25, -0.2) is 14.2 Å². The highest BCUT2D eigenvalue weighted by Crippen LogP contribution is 2.44. The molecule has 3 aliphatic heterocycles. The molecule has 1 fully saturated rings. The van der Waals surface area contributed by atoms with E-state index >= 15 is 0 Å². The molecule has 2 unspecified atom stereocenters. The van der Waals surface area contributed by atoms with Crippen LogP contribution in [-0.4, -0.2) is 74.7 Å². The Kier molecular flexibility index (Phi) is 3.92. The van der Waals surface area contributed by atoms with Crippen LogP contribution in [0.25, 0.3) is 10.9 Å². The largest absolute Gasteiger partial charge is 0.451 e. The standard InChI is InChI=1S/C19H20FN7O4/c1-8-4-11(10-5-9(20)2-3-12(10)24-8)15(28)31-14-7-27-17(22)23-6-13-18(27,19(14,29)30)26-16(21)25-13/h2-5,13-14,29-30H,6-7H2,1H3,(H2,22,23)(H3,21,25,26)/t13?,14-,18?/m0/s1. The number of benzene rings is 1. The highest BCUT2D eigenvalue weighted by atomic mass is 19.1. The summed E-state index contributed by atoms with van der Waals surface area (Å²) in [6.07, 6.45) is -1.43. The van der Waals surface area contributed by atoms with Crippen LogP contribution in [0.15, 0.2) is 34.3 Å². The van der Waals surface area contributed by atoms with Crippen LogP contribution in [0.1, 0.15) is 16.1 Å². The van der Waals surface area contributed by atoms with Gasteiger partial charge in [0.2, 0.25) is 5.79 Å². The maximum atomic E-state index is 13.8. The zero-order valence-electron chi connectivity index (χ0n) is 16.4. The molecule has 3 aliphatic rings. The summed E-state index contributed by atoms with van der Waals surface area (Å²) in [5, 5.41) is 25.3. The predicted molar refractivity (Wildman–Crippen MR) is 107 cm³/mol. The lowest BCUT2D eigenvalue weighted by molar-refractivity contribution is -0.255. The molecule has 0 saturated carbocycles. The van der Waals surface area contributed by atoms with E-state index in [9.17, 15) is 19.4 Å². The number of hydrogen-bond donors (Lipinski definition) is 5. The zero-order chi connectivity index (χ0) is 22.1. The number of esters is 1. The monoisotopic (exact) mass is 429 g/mol. The molecule has 0 aliphatic carbocycles. The fraction of sp³-hybridized carbons (Fsp3) is 0.368. The maximum absolute atomic E-state index is 13.8. The summed E-state index contributed by atoms with van der Waals surface area (Å²) in [5.74, 6) is -3.99. The molecule has 1 aromatic heterocycles. The number of aliphatic hydroxyl groups is 2. The Balaban J connectivity index is 1.52. The number of carbonyl (C=O) groups excluding carboxylic acids is 1. The first-order valence-electron chi connectivity index (χ1n) is 9.55. The van der Waals surface area contributed by atoms with Crippen LogP contribution in [0.4, 0.5) is 4.39 Å². The van der Waals surface area contributed by atoms with Gasteiger partial charge in [0.25, 0.3) is 0 Å². The van der Waals surface area contributed by atoms with Crippen LogP contribution in [0, 0.1) is 12.7 Å². The number of guanidine groups is 2.